The summed E-state index contributed by atoms with van der Waals surface area (Å²) in [7, 11) is 0. The van der Waals surface area contributed by atoms with E-state index in [9.17, 15) is 9.59 Å². The van der Waals surface area contributed by atoms with Gasteiger partial charge in [0, 0.05) is 24.0 Å². The molecule has 1 saturated heterocycles. The number of ketones is 2. The van der Waals surface area contributed by atoms with Crippen LogP contribution in [0.25, 0.3) is 22.2 Å². The third-order valence-corrected chi connectivity index (χ3v) is 4.91. The van der Waals surface area contributed by atoms with Crippen LogP contribution < -0.4 is 0 Å². The number of benzene rings is 2. The fourth-order valence-electron chi connectivity index (χ4n) is 3.58. The van der Waals surface area contributed by atoms with Gasteiger partial charge in [0.05, 0.1) is 37.4 Å². The van der Waals surface area contributed by atoms with Crippen molar-refractivity contribution >= 4 is 22.5 Å². The monoisotopic (exact) mass is 362 g/mol. The second-order valence-electron chi connectivity index (χ2n) is 6.81. The lowest BCUT2D eigenvalue weighted by atomic mass is 9.98. The van der Waals surface area contributed by atoms with Gasteiger partial charge in [0.2, 0.25) is 0 Å². The Kier molecular flexibility index (Phi) is 5.14. The summed E-state index contributed by atoms with van der Waals surface area (Å²) in [5, 5.41) is 0.862. The number of hydrogen-bond acceptors (Lipinski definition) is 4. The van der Waals surface area contributed by atoms with E-state index in [1.165, 1.54) is 0 Å². The lowest BCUT2D eigenvalue weighted by molar-refractivity contribution is -0.120. The van der Waals surface area contributed by atoms with Gasteiger partial charge in [0.1, 0.15) is 0 Å². The molecule has 138 valence electrons. The molecule has 0 aliphatic carbocycles. The van der Waals surface area contributed by atoms with Gasteiger partial charge in [-0.3, -0.25) is 14.5 Å². The van der Waals surface area contributed by atoms with Crippen LogP contribution in [0.15, 0.2) is 54.6 Å². The van der Waals surface area contributed by atoms with Gasteiger partial charge in [-0.25, -0.2) is 0 Å². The summed E-state index contributed by atoms with van der Waals surface area (Å²) in [5.74, 6) is -0.184. The van der Waals surface area contributed by atoms with E-state index in [0.717, 1.165) is 35.2 Å². The molecule has 5 heteroatoms. The number of ether oxygens (including phenoxy) is 1. The molecule has 0 radical (unpaired) electrons. The molecule has 0 bridgehead atoms. The van der Waals surface area contributed by atoms with Crippen LogP contribution in [0.5, 0.6) is 0 Å². The Bertz CT molecular complexity index is 956. The Labute approximate surface area is 157 Å². The van der Waals surface area contributed by atoms with Crippen molar-refractivity contribution in [2.24, 2.45) is 0 Å². The fourth-order valence-corrected chi connectivity index (χ4v) is 3.58. The molecule has 1 aliphatic rings. The van der Waals surface area contributed by atoms with Gasteiger partial charge in [-0.05, 0) is 11.6 Å². The van der Waals surface area contributed by atoms with Crippen LogP contribution >= 0.6 is 0 Å². The maximum atomic E-state index is 13.1. The summed E-state index contributed by atoms with van der Waals surface area (Å²) < 4.78 is 5.31. The van der Waals surface area contributed by atoms with Crippen LogP contribution in [0.2, 0.25) is 0 Å². The predicted molar refractivity (Wildman–Crippen MR) is 105 cm³/mol. The van der Waals surface area contributed by atoms with Crippen LogP contribution in [0.3, 0.4) is 0 Å². The molecule has 0 atom stereocenters. The summed E-state index contributed by atoms with van der Waals surface area (Å²) >= 11 is 0. The van der Waals surface area contributed by atoms with E-state index in [4.69, 9.17) is 4.74 Å². The molecule has 3 aromatic rings. The molecule has 1 aromatic heterocycles. The molecular weight excluding hydrogens is 340 g/mol. The third kappa shape index (κ3) is 3.84. The number of aromatic nitrogens is 1. The number of nitrogens with zero attached hydrogens (tertiary/aromatic N) is 1. The topological polar surface area (TPSA) is 62.4 Å². The van der Waals surface area contributed by atoms with E-state index in [1.807, 2.05) is 59.5 Å². The van der Waals surface area contributed by atoms with Crippen molar-refractivity contribution in [3.8, 4) is 11.3 Å². The predicted octanol–water partition coefficient (Wildman–Crippen LogP) is 3.31. The first kappa shape index (κ1) is 17.6. The van der Waals surface area contributed by atoms with Gasteiger partial charge < -0.3 is 9.72 Å². The van der Waals surface area contributed by atoms with Crippen molar-refractivity contribution in [2.45, 2.75) is 6.42 Å². The van der Waals surface area contributed by atoms with Crippen LogP contribution in [0.4, 0.5) is 0 Å². The summed E-state index contributed by atoms with van der Waals surface area (Å²) in [6.45, 7) is 3.06. The largest absolute Gasteiger partial charge is 0.379 e. The first-order chi connectivity index (χ1) is 13.2. The Morgan fingerprint density at radius 1 is 0.963 bits per heavy atom. The maximum Gasteiger partial charge on any atom is 0.173 e. The highest BCUT2D eigenvalue weighted by molar-refractivity contribution is 6.18. The zero-order chi connectivity index (χ0) is 18.6. The van der Waals surface area contributed by atoms with E-state index >= 15 is 0 Å². The lowest BCUT2D eigenvalue weighted by Crippen LogP contribution is -2.39. The van der Waals surface area contributed by atoms with Gasteiger partial charge >= 0.3 is 0 Å². The Morgan fingerprint density at radius 3 is 2.44 bits per heavy atom. The number of nitrogens with one attached hydrogen (secondary N) is 1. The number of hydrogen-bond donors (Lipinski definition) is 1. The number of carbonyl (C=O) groups excluding carboxylic acids is 2. The minimum Gasteiger partial charge on any atom is -0.379 e. The number of fused-ring (bicyclic) bond motifs is 1. The highest BCUT2D eigenvalue weighted by Gasteiger charge is 2.23. The van der Waals surface area contributed by atoms with Crippen LogP contribution in [0.1, 0.15) is 16.8 Å². The van der Waals surface area contributed by atoms with Crippen LogP contribution in [-0.4, -0.2) is 54.3 Å². The van der Waals surface area contributed by atoms with Crippen LogP contribution in [-0.2, 0) is 9.53 Å². The Balaban J connectivity index is 1.61. The first-order valence-corrected chi connectivity index (χ1v) is 9.23. The first-order valence-electron chi connectivity index (χ1n) is 9.23. The molecule has 5 nitrogen and oxygen atoms in total. The average molecular weight is 362 g/mol. The van der Waals surface area contributed by atoms with E-state index in [2.05, 4.69) is 4.98 Å². The summed E-state index contributed by atoms with van der Waals surface area (Å²) in [6, 6.07) is 17.5. The second kappa shape index (κ2) is 7.86. The summed E-state index contributed by atoms with van der Waals surface area (Å²) in [4.78, 5) is 31.0. The van der Waals surface area contributed by atoms with E-state index in [0.29, 0.717) is 25.3 Å². The van der Waals surface area contributed by atoms with Crippen molar-refractivity contribution in [3.63, 3.8) is 0 Å². The van der Waals surface area contributed by atoms with Crippen molar-refractivity contribution in [1.82, 2.24) is 9.88 Å². The number of para-hydroxylation sites is 1. The normalized spacial score (nSPS) is 15.1. The highest BCUT2D eigenvalue weighted by Crippen LogP contribution is 2.31. The van der Waals surface area contributed by atoms with Gasteiger partial charge in [0.25, 0.3) is 0 Å². The minimum atomic E-state index is -0.135. The highest BCUT2D eigenvalue weighted by atomic mass is 16.5. The molecule has 2 heterocycles. The zero-order valence-electron chi connectivity index (χ0n) is 15.1. The number of Topliss-reactive ketones (excluding diaryl/α,β-unsaturated/α-hetero) is 2. The Hall–Kier alpha value is -2.76. The lowest BCUT2D eigenvalue weighted by Gasteiger charge is -2.25. The number of carbonyl (C=O) groups is 2. The minimum absolute atomic E-state index is 0.0498. The molecule has 4 rings (SSSR count). The molecule has 27 heavy (non-hydrogen) atoms. The molecule has 2 aromatic carbocycles. The molecule has 0 unspecified atom stereocenters. The van der Waals surface area contributed by atoms with Gasteiger partial charge in [-0.2, -0.15) is 0 Å². The summed E-state index contributed by atoms with van der Waals surface area (Å²) in [6.07, 6.45) is -0.0843. The van der Waals surface area contributed by atoms with Crippen molar-refractivity contribution in [2.75, 3.05) is 32.8 Å². The fraction of sp³-hybridized carbons (Fsp3) is 0.273. The van der Waals surface area contributed by atoms with Crippen molar-refractivity contribution < 1.29 is 14.3 Å². The summed E-state index contributed by atoms with van der Waals surface area (Å²) in [5.41, 5.74) is 3.23. The zero-order valence-corrected chi connectivity index (χ0v) is 15.1. The number of rotatable bonds is 6. The molecule has 1 aliphatic heterocycles. The maximum absolute atomic E-state index is 13.1. The molecule has 1 fully saturated rings. The molecule has 0 amide bonds. The standard InChI is InChI=1S/C22H22N2O3/c25-17(15-24-10-12-27-13-11-24)14-20(26)21-18-8-4-5-9-19(18)23-22(21)16-6-2-1-3-7-16/h1-9,23H,10-15H2. The van der Waals surface area contributed by atoms with Gasteiger partial charge in [0.15, 0.2) is 11.6 Å². The number of H-pyrrole nitrogens is 1. The Morgan fingerprint density at radius 2 is 1.67 bits per heavy atom. The number of morpholine rings is 1. The van der Waals surface area contributed by atoms with Gasteiger partial charge in [-0.1, -0.05) is 48.5 Å². The molecule has 1 N–H and O–H groups in total. The second-order valence-corrected chi connectivity index (χ2v) is 6.81. The SMILES string of the molecule is O=C(CC(=O)c1c(-c2ccccc2)[nH]c2ccccc12)CN1CCOCC1. The van der Waals surface area contributed by atoms with Crippen molar-refractivity contribution in [1.29, 1.82) is 0 Å². The third-order valence-electron chi connectivity index (χ3n) is 4.91. The van der Waals surface area contributed by atoms with Crippen LogP contribution in [0, 0.1) is 0 Å². The molecule has 0 saturated carbocycles. The van der Waals surface area contributed by atoms with E-state index in [1.54, 1.807) is 0 Å². The van der Waals surface area contributed by atoms with Crippen molar-refractivity contribution in [3.05, 3.63) is 60.2 Å². The van der Waals surface area contributed by atoms with Gasteiger partial charge in [-0.15, -0.1) is 0 Å². The molecular formula is C22H22N2O3. The van der Waals surface area contributed by atoms with E-state index < -0.39 is 0 Å². The average Bonchev–Trinajstić information content (AvgIpc) is 3.09. The molecule has 0 spiro atoms. The smallest absolute Gasteiger partial charge is 0.173 e. The number of aromatic amines is 1. The quantitative estimate of drug-likeness (QED) is 0.540. The van der Waals surface area contributed by atoms with E-state index in [-0.39, 0.29) is 18.0 Å².